The number of aromatic nitrogens is 2. The lowest BCUT2D eigenvalue weighted by Gasteiger charge is -2.47. The molecule has 0 bridgehead atoms. The molecule has 1 aromatic carbocycles. The summed E-state index contributed by atoms with van der Waals surface area (Å²) in [5, 5.41) is 9.14. The Labute approximate surface area is 149 Å². The SMILES string of the molecule is Cc1nnc2sc(C(=O)N3CC(N)(c4ccccc4)C3)c(N)c2c1C. The van der Waals surface area contributed by atoms with Crippen molar-refractivity contribution >= 4 is 33.1 Å². The van der Waals surface area contributed by atoms with Gasteiger partial charge < -0.3 is 16.4 Å². The summed E-state index contributed by atoms with van der Waals surface area (Å²) in [6, 6.07) is 9.87. The molecule has 3 aromatic rings. The number of hydrogen-bond acceptors (Lipinski definition) is 6. The quantitative estimate of drug-likeness (QED) is 0.736. The van der Waals surface area contributed by atoms with Crippen LogP contribution >= 0.6 is 11.3 Å². The largest absolute Gasteiger partial charge is 0.397 e. The van der Waals surface area contributed by atoms with E-state index in [0.717, 1.165) is 22.2 Å². The van der Waals surface area contributed by atoms with E-state index in [1.54, 1.807) is 4.90 Å². The number of benzene rings is 1. The molecule has 1 amide bonds. The Morgan fingerprint density at radius 2 is 1.88 bits per heavy atom. The monoisotopic (exact) mass is 353 g/mol. The third-order valence-electron chi connectivity index (χ3n) is 4.91. The highest BCUT2D eigenvalue weighted by Gasteiger charge is 2.44. The number of anilines is 1. The lowest BCUT2D eigenvalue weighted by atomic mass is 9.83. The molecule has 25 heavy (non-hydrogen) atoms. The van der Waals surface area contributed by atoms with E-state index in [-0.39, 0.29) is 5.91 Å². The van der Waals surface area contributed by atoms with Crippen LogP contribution in [-0.4, -0.2) is 34.1 Å². The Hall–Kier alpha value is -2.51. The fourth-order valence-electron chi connectivity index (χ4n) is 3.27. The maximum atomic E-state index is 12.9. The van der Waals surface area contributed by atoms with Crippen LogP contribution in [0.4, 0.5) is 5.69 Å². The minimum Gasteiger partial charge on any atom is -0.397 e. The van der Waals surface area contributed by atoms with Gasteiger partial charge in [0, 0.05) is 18.5 Å². The number of nitrogens with zero attached hydrogens (tertiary/aromatic N) is 3. The van der Waals surface area contributed by atoms with Crippen LogP contribution in [0.15, 0.2) is 30.3 Å². The minimum atomic E-state index is -0.491. The number of nitrogen functional groups attached to an aromatic ring is 1. The van der Waals surface area contributed by atoms with Gasteiger partial charge in [-0.05, 0) is 25.0 Å². The van der Waals surface area contributed by atoms with Gasteiger partial charge in [-0.25, -0.2) is 0 Å². The number of fused-ring (bicyclic) bond motifs is 1. The van der Waals surface area contributed by atoms with Crippen molar-refractivity contribution in [3.05, 3.63) is 52.0 Å². The molecule has 1 saturated heterocycles. The van der Waals surface area contributed by atoms with Crippen LogP contribution in [0.5, 0.6) is 0 Å². The zero-order chi connectivity index (χ0) is 17.8. The lowest BCUT2D eigenvalue weighted by molar-refractivity contribution is 0.0409. The van der Waals surface area contributed by atoms with Gasteiger partial charge in [0.25, 0.3) is 5.91 Å². The van der Waals surface area contributed by atoms with Gasteiger partial charge in [-0.3, -0.25) is 4.79 Å². The highest BCUT2D eigenvalue weighted by atomic mass is 32.1. The van der Waals surface area contributed by atoms with Crippen LogP contribution in [0.1, 0.15) is 26.5 Å². The van der Waals surface area contributed by atoms with Crippen LogP contribution in [0, 0.1) is 13.8 Å². The zero-order valence-corrected chi connectivity index (χ0v) is 14.9. The average Bonchev–Trinajstić information content (AvgIpc) is 2.93. The highest BCUT2D eigenvalue weighted by Crippen LogP contribution is 2.38. The Balaban J connectivity index is 1.62. The van der Waals surface area contributed by atoms with Gasteiger partial charge in [-0.2, -0.15) is 5.10 Å². The fraction of sp³-hybridized carbons (Fsp3) is 0.278. The second kappa shape index (κ2) is 5.50. The standard InChI is InChI=1S/C18H19N5OS/c1-10-11(2)21-22-16-13(10)14(19)15(25-16)17(24)23-8-18(20,9-23)12-6-4-3-5-7-12/h3-7H,8-9,19-20H2,1-2H3. The summed E-state index contributed by atoms with van der Waals surface area (Å²) in [7, 11) is 0. The molecule has 4 rings (SSSR count). The van der Waals surface area contributed by atoms with Crippen molar-refractivity contribution in [3.63, 3.8) is 0 Å². The molecule has 1 aliphatic rings. The normalized spacial score (nSPS) is 16.0. The first-order chi connectivity index (χ1) is 11.9. The Kier molecular flexibility index (Phi) is 3.52. The minimum absolute atomic E-state index is 0.0884. The molecule has 4 N–H and O–H groups in total. The second-order valence-corrected chi connectivity index (χ2v) is 7.62. The number of aryl methyl sites for hydroxylation is 2. The predicted molar refractivity (Wildman–Crippen MR) is 99.5 cm³/mol. The summed E-state index contributed by atoms with van der Waals surface area (Å²) in [5.41, 5.74) is 15.6. The number of hydrogen-bond donors (Lipinski definition) is 2. The molecule has 0 saturated carbocycles. The summed E-state index contributed by atoms with van der Waals surface area (Å²) in [6.07, 6.45) is 0. The molecule has 128 valence electrons. The van der Waals surface area contributed by atoms with Gasteiger partial charge in [0.05, 0.1) is 16.9 Å². The third-order valence-corrected chi connectivity index (χ3v) is 5.99. The van der Waals surface area contributed by atoms with E-state index in [9.17, 15) is 4.79 Å². The topological polar surface area (TPSA) is 98.1 Å². The first-order valence-corrected chi connectivity index (χ1v) is 8.88. The van der Waals surface area contributed by atoms with Gasteiger partial charge in [0.1, 0.15) is 9.71 Å². The van der Waals surface area contributed by atoms with Crippen LogP contribution in [-0.2, 0) is 5.54 Å². The van der Waals surface area contributed by atoms with Crippen molar-refractivity contribution in [2.45, 2.75) is 19.4 Å². The van der Waals surface area contributed by atoms with Crippen molar-refractivity contribution in [2.75, 3.05) is 18.8 Å². The van der Waals surface area contributed by atoms with Gasteiger partial charge in [-0.15, -0.1) is 16.4 Å². The van der Waals surface area contributed by atoms with Crippen molar-refractivity contribution in [2.24, 2.45) is 5.73 Å². The highest BCUT2D eigenvalue weighted by molar-refractivity contribution is 7.21. The molecule has 0 spiro atoms. The fourth-order valence-corrected chi connectivity index (χ4v) is 4.34. The number of carbonyl (C=O) groups excluding carboxylic acids is 1. The van der Waals surface area contributed by atoms with Crippen molar-refractivity contribution in [3.8, 4) is 0 Å². The van der Waals surface area contributed by atoms with Gasteiger partial charge in [0.15, 0.2) is 0 Å². The van der Waals surface area contributed by atoms with E-state index >= 15 is 0 Å². The van der Waals surface area contributed by atoms with Crippen LogP contribution < -0.4 is 11.5 Å². The Morgan fingerprint density at radius 3 is 2.56 bits per heavy atom. The molecule has 2 aromatic heterocycles. The van der Waals surface area contributed by atoms with Crippen LogP contribution in [0.25, 0.3) is 10.2 Å². The molecular formula is C18H19N5OS. The van der Waals surface area contributed by atoms with Crippen molar-refractivity contribution in [1.82, 2.24) is 15.1 Å². The number of rotatable bonds is 2. The molecule has 0 radical (unpaired) electrons. The zero-order valence-electron chi connectivity index (χ0n) is 14.1. The molecule has 3 heterocycles. The van der Waals surface area contributed by atoms with Gasteiger partial charge in [0.2, 0.25) is 0 Å². The molecular weight excluding hydrogens is 334 g/mol. The maximum Gasteiger partial charge on any atom is 0.266 e. The van der Waals surface area contributed by atoms with E-state index in [0.29, 0.717) is 28.5 Å². The number of amides is 1. The van der Waals surface area contributed by atoms with Crippen LogP contribution in [0.2, 0.25) is 0 Å². The third kappa shape index (κ3) is 2.39. The first kappa shape index (κ1) is 16.0. The average molecular weight is 353 g/mol. The predicted octanol–water partition coefficient (Wildman–Crippen LogP) is 2.20. The smallest absolute Gasteiger partial charge is 0.266 e. The summed E-state index contributed by atoms with van der Waals surface area (Å²) in [6.45, 7) is 4.80. The van der Waals surface area contributed by atoms with E-state index in [1.807, 2.05) is 44.2 Å². The summed E-state index contributed by atoms with van der Waals surface area (Å²) >= 11 is 1.30. The van der Waals surface area contributed by atoms with Gasteiger partial charge >= 0.3 is 0 Å². The van der Waals surface area contributed by atoms with Gasteiger partial charge in [-0.1, -0.05) is 30.3 Å². The van der Waals surface area contributed by atoms with E-state index in [2.05, 4.69) is 10.2 Å². The maximum absolute atomic E-state index is 12.9. The summed E-state index contributed by atoms with van der Waals surface area (Å²) < 4.78 is 0. The molecule has 0 aliphatic carbocycles. The number of likely N-dealkylation sites (tertiary alicyclic amines) is 1. The van der Waals surface area contributed by atoms with E-state index in [1.165, 1.54) is 11.3 Å². The number of thiophene rings is 1. The summed E-state index contributed by atoms with van der Waals surface area (Å²) in [5.74, 6) is -0.0884. The Bertz CT molecular complexity index is 976. The number of nitrogens with two attached hydrogens (primary N) is 2. The van der Waals surface area contributed by atoms with E-state index < -0.39 is 5.54 Å². The van der Waals surface area contributed by atoms with E-state index in [4.69, 9.17) is 11.5 Å². The molecule has 7 heteroatoms. The number of carbonyl (C=O) groups is 1. The van der Waals surface area contributed by atoms with Crippen molar-refractivity contribution < 1.29 is 4.79 Å². The molecule has 1 fully saturated rings. The molecule has 0 unspecified atom stereocenters. The van der Waals surface area contributed by atoms with Crippen LogP contribution in [0.3, 0.4) is 0 Å². The summed E-state index contributed by atoms with van der Waals surface area (Å²) in [4.78, 5) is 15.8. The molecule has 1 aliphatic heterocycles. The lowest BCUT2D eigenvalue weighted by Crippen LogP contribution is -2.66. The second-order valence-electron chi connectivity index (χ2n) is 6.62. The first-order valence-electron chi connectivity index (χ1n) is 8.06. The molecule has 0 atom stereocenters. The Morgan fingerprint density at radius 1 is 1.20 bits per heavy atom. The molecule has 6 nitrogen and oxygen atoms in total. The van der Waals surface area contributed by atoms with Crippen molar-refractivity contribution in [1.29, 1.82) is 0 Å².